The Balaban J connectivity index is 0.00000110. The third kappa shape index (κ3) is 5.00. The molecule has 0 spiro atoms. The minimum atomic E-state index is -2.06. The van der Waals surface area contributed by atoms with E-state index in [0.29, 0.717) is 0 Å². The van der Waals surface area contributed by atoms with Gasteiger partial charge in [0.25, 0.3) is 0 Å². The summed E-state index contributed by atoms with van der Waals surface area (Å²) >= 11 is -2.06. The van der Waals surface area contributed by atoms with E-state index in [1.165, 1.54) is 9.81 Å². The van der Waals surface area contributed by atoms with Gasteiger partial charge in [0.15, 0.2) is 0 Å². The van der Waals surface area contributed by atoms with Crippen molar-refractivity contribution in [1.82, 2.24) is 0 Å². The van der Waals surface area contributed by atoms with Crippen LogP contribution in [0.1, 0.15) is 0 Å². The summed E-state index contributed by atoms with van der Waals surface area (Å²) in [7, 11) is 0. The fraction of sp³-hybridized carbons (Fsp3) is 0. The topological polar surface area (TPSA) is 0 Å². The van der Waals surface area contributed by atoms with E-state index in [9.17, 15) is 0 Å². The molecule has 0 heterocycles. The van der Waals surface area contributed by atoms with Gasteiger partial charge in [-0.3, -0.25) is 0 Å². The second-order valence-corrected chi connectivity index (χ2v) is 13.0. The number of halogens is 2. The van der Waals surface area contributed by atoms with Crippen LogP contribution in [0.15, 0.2) is 91.0 Å². The van der Waals surface area contributed by atoms with Crippen LogP contribution in [0, 0.1) is 0 Å². The molecule has 0 aromatic heterocycles. The molecule has 108 valence electrons. The summed E-state index contributed by atoms with van der Waals surface area (Å²) in [6.07, 6.45) is 0. The predicted molar refractivity (Wildman–Crippen MR) is 115 cm³/mol. The van der Waals surface area contributed by atoms with Crippen molar-refractivity contribution >= 4 is 79.5 Å². The summed E-state index contributed by atoms with van der Waals surface area (Å²) in [5.74, 6) is 0. The quantitative estimate of drug-likeness (QED) is 0.291. The zero-order chi connectivity index (χ0) is 12.9. The summed E-state index contributed by atoms with van der Waals surface area (Å²) in [5, 5.41) is 0. The zero-order valence-electron chi connectivity index (χ0n) is 11.4. The number of hydrogen-bond acceptors (Lipinski definition) is 0. The molecule has 3 aromatic rings. The second kappa shape index (κ2) is 9.91. The van der Waals surface area contributed by atoms with Crippen molar-refractivity contribution in [3.63, 3.8) is 0 Å². The first-order valence-electron chi connectivity index (χ1n) is 6.40. The van der Waals surface area contributed by atoms with E-state index in [1.807, 2.05) is 0 Å². The van der Waals surface area contributed by atoms with Crippen molar-refractivity contribution in [3.05, 3.63) is 91.0 Å². The second-order valence-electron chi connectivity index (χ2n) is 4.34. The van der Waals surface area contributed by atoms with Gasteiger partial charge in [-0.05, 0) is 0 Å². The van der Waals surface area contributed by atoms with E-state index in [2.05, 4.69) is 91.0 Å². The summed E-state index contributed by atoms with van der Waals surface area (Å²) in [6.45, 7) is 0. The van der Waals surface area contributed by atoms with Crippen LogP contribution in [0.25, 0.3) is 0 Å². The van der Waals surface area contributed by atoms with Gasteiger partial charge in [-0.15, -0.1) is 48.0 Å². The van der Waals surface area contributed by atoms with Crippen molar-refractivity contribution in [2.45, 2.75) is 0 Å². The maximum absolute atomic E-state index is 2.29. The SMILES string of the molecule is I.I.c1cc[c]([Bi]([c]2ccccc2)[c]2ccccc2)cc1. The van der Waals surface area contributed by atoms with Gasteiger partial charge in [0, 0.05) is 0 Å². The first-order chi connectivity index (χ1) is 9.45. The Hall–Kier alpha value is 0.00312. The Labute approximate surface area is 168 Å². The molecule has 0 saturated heterocycles. The Bertz CT molecular complexity index is 533. The molecule has 0 aliphatic heterocycles. The average Bonchev–Trinajstić information content (AvgIpc) is 2.51. The molecule has 0 atom stereocenters. The zero-order valence-corrected chi connectivity index (χ0v) is 19.6. The van der Waals surface area contributed by atoms with Crippen LogP contribution in [0.3, 0.4) is 0 Å². The standard InChI is InChI=1S/3C6H5.Bi.2HI/c3*1-2-4-6-5-3-1;;;/h3*1-5H;;2*1H. The molecule has 0 fully saturated rings. The molecule has 0 nitrogen and oxygen atoms in total. The van der Waals surface area contributed by atoms with Crippen LogP contribution >= 0.6 is 48.0 Å². The summed E-state index contributed by atoms with van der Waals surface area (Å²) < 4.78 is 4.61. The van der Waals surface area contributed by atoms with Crippen LogP contribution in [0.2, 0.25) is 0 Å². The molecule has 0 saturated carbocycles. The average molecular weight is 696 g/mol. The molecule has 0 amide bonds. The van der Waals surface area contributed by atoms with Crippen LogP contribution in [-0.2, 0) is 0 Å². The molecule has 0 radical (unpaired) electrons. The third-order valence-corrected chi connectivity index (χ3v) is 12.5. The molecule has 3 aromatic carbocycles. The first-order valence-corrected chi connectivity index (χ1v) is 11.6. The van der Waals surface area contributed by atoms with Gasteiger partial charge in [-0.2, -0.15) is 0 Å². The maximum atomic E-state index is 2.29. The number of rotatable bonds is 3. The Kier molecular flexibility index (Phi) is 8.99. The van der Waals surface area contributed by atoms with Crippen LogP contribution < -0.4 is 9.81 Å². The molecule has 0 N–H and O–H groups in total. The molecular weight excluding hydrogens is 679 g/mol. The molecule has 0 unspecified atom stereocenters. The summed E-state index contributed by atoms with van der Waals surface area (Å²) in [6, 6.07) is 33.0. The summed E-state index contributed by atoms with van der Waals surface area (Å²) in [4.78, 5) is 0. The molecule has 0 aliphatic rings. The Morgan fingerprint density at radius 2 is 0.619 bits per heavy atom. The van der Waals surface area contributed by atoms with E-state index in [0.717, 1.165) is 0 Å². The van der Waals surface area contributed by atoms with E-state index in [-0.39, 0.29) is 48.0 Å². The van der Waals surface area contributed by atoms with Crippen molar-refractivity contribution in [1.29, 1.82) is 0 Å². The van der Waals surface area contributed by atoms with Gasteiger partial charge in [-0.1, -0.05) is 0 Å². The number of benzene rings is 3. The van der Waals surface area contributed by atoms with Crippen LogP contribution in [0.5, 0.6) is 0 Å². The molecule has 21 heavy (non-hydrogen) atoms. The van der Waals surface area contributed by atoms with Gasteiger partial charge in [-0.25, -0.2) is 0 Å². The van der Waals surface area contributed by atoms with Crippen molar-refractivity contribution < 1.29 is 0 Å². The normalized spacial score (nSPS) is 9.57. The predicted octanol–water partition coefficient (Wildman–Crippen LogP) is 3.44. The Morgan fingerprint density at radius 1 is 0.381 bits per heavy atom. The van der Waals surface area contributed by atoms with Crippen LogP contribution in [-0.4, -0.2) is 21.8 Å². The monoisotopic (exact) mass is 696 g/mol. The molecular formula is C18H17BiI2. The van der Waals surface area contributed by atoms with Gasteiger partial charge < -0.3 is 0 Å². The van der Waals surface area contributed by atoms with Crippen molar-refractivity contribution in [2.24, 2.45) is 0 Å². The summed E-state index contributed by atoms with van der Waals surface area (Å²) in [5.41, 5.74) is 0. The Morgan fingerprint density at radius 3 is 0.857 bits per heavy atom. The van der Waals surface area contributed by atoms with E-state index < -0.39 is 21.8 Å². The fourth-order valence-corrected chi connectivity index (χ4v) is 11.1. The van der Waals surface area contributed by atoms with E-state index in [4.69, 9.17) is 0 Å². The fourth-order valence-electron chi connectivity index (χ4n) is 2.18. The molecule has 0 bridgehead atoms. The molecule has 3 heteroatoms. The van der Waals surface area contributed by atoms with Gasteiger partial charge in [0.2, 0.25) is 0 Å². The van der Waals surface area contributed by atoms with Gasteiger partial charge >= 0.3 is 123 Å². The molecule has 3 rings (SSSR count). The minimum absolute atomic E-state index is 0. The van der Waals surface area contributed by atoms with Crippen LogP contribution in [0.4, 0.5) is 0 Å². The third-order valence-electron chi connectivity index (χ3n) is 3.04. The first kappa shape index (κ1) is 19.1. The van der Waals surface area contributed by atoms with E-state index in [1.54, 1.807) is 0 Å². The van der Waals surface area contributed by atoms with E-state index >= 15 is 0 Å². The van der Waals surface area contributed by atoms with Crippen molar-refractivity contribution in [2.75, 3.05) is 0 Å². The van der Waals surface area contributed by atoms with Gasteiger partial charge in [0.05, 0.1) is 0 Å². The molecule has 0 aliphatic carbocycles. The van der Waals surface area contributed by atoms with Gasteiger partial charge in [0.1, 0.15) is 0 Å². The number of hydrogen-bond donors (Lipinski definition) is 0. The van der Waals surface area contributed by atoms with Crippen molar-refractivity contribution in [3.8, 4) is 0 Å².